The first-order valence-corrected chi connectivity index (χ1v) is 9.00. The van der Waals surface area contributed by atoms with Crippen molar-refractivity contribution in [2.24, 2.45) is 5.92 Å². The van der Waals surface area contributed by atoms with Gasteiger partial charge in [0, 0.05) is 23.3 Å². The molecule has 23 heavy (non-hydrogen) atoms. The van der Waals surface area contributed by atoms with Crippen LogP contribution in [-0.2, 0) is 11.3 Å². The number of aryl methyl sites for hydroxylation is 1. The number of aliphatic hydroxyl groups is 1. The molecule has 0 saturated heterocycles. The first kappa shape index (κ1) is 17.6. The highest BCUT2D eigenvalue weighted by Crippen LogP contribution is 2.25. The Morgan fingerprint density at radius 3 is 2.83 bits per heavy atom. The van der Waals surface area contributed by atoms with Crippen LogP contribution in [0.3, 0.4) is 0 Å². The van der Waals surface area contributed by atoms with E-state index in [1.54, 1.807) is 16.4 Å². The number of thioether (sulfide) groups is 1. The Balaban J connectivity index is 2.28. The summed E-state index contributed by atoms with van der Waals surface area (Å²) in [6.07, 6.45) is 1.98. The monoisotopic (exact) mass is 333 g/mol. The summed E-state index contributed by atoms with van der Waals surface area (Å²) in [6, 6.07) is 9.84. The third-order valence-electron chi connectivity index (χ3n) is 3.63. The van der Waals surface area contributed by atoms with Crippen molar-refractivity contribution in [3.05, 3.63) is 35.9 Å². The average molecular weight is 333 g/mol. The Morgan fingerprint density at radius 2 is 2.17 bits per heavy atom. The fraction of sp³-hybridized carbons (Fsp3) is 0.412. The van der Waals surface area contributed by atoms with E-state index in [0.717, 1.165) is 22.6 Å². The summed E-state index contributed by atoms with van der Waals surface area (Å²) in [7, 11) is 0. The molecule has 1 heterocycles. The van der Waals surface area contributed by atoms with Gasteiger partial charge in [0.1, 0.15) is 5.82 Å². The molecular weight excluding hydrogens is 310 g/mol. The minimum Gasteiger partial charge on any atom is -0.394 e. The normalized spacial score (nSPS) is 12.2. The molecule has 124 valence electrons. The number of anilines is 1. The fourth-order valence-corrected chi connectivity index (χ4v) is 3.00. The number of hydrogen-bond donors (Lipinski definition) is 2. The van der Waals surface area contributed by atoms with Gasteiger partial charge in [0.05, 0.1) is 18.8 Å². The van der Waals surface area contributed by atoms with Crippen LogP contribution in [0.5, 0.6) is 0 Å². The van der Waals surface area contributed by atoms with Crippen molar-refractivity contribution in [2.75, 3.05) is 23.9 Å². The Morgan fingerprint density at radius 1 is 1.43 bits per heavy atom. The van der Waals surface area contributed by atoms with E-state index in [0.29, 0.717) is 12.4 Å². The maximum Gasteiger partial charge on any atom is 0.229 e. The summed E-state index contributed by atoms with van der Waals surface area (Å²) >= 11 is 1.64. The number of carbonyl (C=O) groups is 1. The van der Waals surface area contributed by atoms with Crippen LogP contribution >= 0.6 is 11.8 Å². The second kappa shape index (κ2) is 8.17. The first-order valence-electron chi connectivity index (χ1n) is 7.61. The van der Waals surface area contributed by atoms with Crippen LogP contribution in [-0.4, -0.2) is 39.4 Å². The number of rotatable bonds is 7. The van der Waals surface area contributed by atoms with Crippen molar-refractivity contribution in [2.45, 2.75) is 20.4 Å². The first-order chi connectivity index (χ1) is 11.1. The zero-order valence-electron chi connectivity index (χ0n) is 13.7. The highest BCUT2D eigenvalue weighted by atomic mass is 32.2. The van der Waals surface area contributed by atoms with Gasteiger partial charge in [-0.3, -0.25) is 4.79 Å². The molecule has 0 bridgehead atoms. The lowest BCUT2D eigenvalue weighted by atomic mass is 10.1. The third kappa shape index (κ3) is 4.36. The molecule has 0 aliphatic heterocycles. The average Bonchev–Trinajstić information content (AvgIpc) is 2.91. The molecule has 2 rings (SSSR count). The molecule has 1 aromatic heterocycles. The zero-order chi connectivity index (χ0) is 16.8. The van der Waals surface area contributed by atoms with Crippen LogP contribution in [0.25, 0.3) is 11.3 Å². The number of aromatic nitrogens is 2. The van der Waals surface area contributed by atoms with Gasteiger partial charge >= 0.3 is 0 Å². The van der Waals surface area contributed by atoms with E-state index in [4.69, 9.17) is 0 Å². The minimum absolute atomic E-state index is 0.0296. The van der Waals surface area contributed by atoms with Crippen LogP contribution in [0.1, 0.15) is 12.5 Å². The van der Waals surface area contributed by atoms with Crippen LogP contribution in [0, 0.1) is 12.8 Å². The summed E-state index contributed by atoms with van der Waals surface area (Å²) in [5.74, 6) is 1.28. The predicted molar refractivity (Wildman–Crippen MR) is 95.7 cm³/mol. The van der Waals surface area contributed by atoms with E-state index in [1.165, 1.54) is 0 Å². The van der Waals surface area contributed by atoms with E-state index < -0.39 is 0 Å². The van der Waals surface area contributed by atoms with E-state index in [2.05, 4.69) is 10.4 Å². The molecule has 1 atom stereocenters. The molecule has 0 fully saturated rings. The zero-order valence-corrected chi connectivity index (χ0v) is 14.6. The molecule has 0 saturated carbocycles. The lowest BCUT2D eigenvalue weighted by Crippen LogP contribution is -2.24. The fourth-order valence-electron chi connectivity index (χ4n) is 2.35. The van der Waals surface area contributed by atoms with Crippen LogP contribution in [0.4, 0.5) is 5.82 Å². The van der Waals surface area contributed by atoms with Crippen molar-refractivity contribution < 1.29 is 9.90 Å². The quantitative estimate of drug-likeness (QED) is 0.817. The van der Waals surface area contributed by atoms with Crippen LogP contribution in [0.2, 0.25) is 0 Å². The predicted octanol–water partition coefficient (Wildman–Crippen LogP) is 2.79. The lowest BCUT2D eigenvalue weighted by molar-refractivity contribution is -0.118. The van der Waals surface area contributed by atoms with E-state index in [1.807, 2.05) is 50.4 Å². The van der Waals surface area contributed by atoms with Crippen molar-refractivity contribution in [3.8, 4) is 11.3 Å². The SMILES string of the molecule is CSCC(C)C(=O)Nc1cc(-c2ccccc2C)nn1CCO. The van der Waals surface area contributed by atoms with Crippen LogP contribution in [0.15, 0.2) is 30.3 Å². The molecule has 1 aromatic carbocycles. The van der Waals surface area contributed by atoms with Gasteiger partial charge in [0.25, 0.3) is 0 Å². The summed E-state index contributed by atoms with van der Waals surface area (Å²) in [5, 5.41) is 16.7. The number of benzene rings is 1. The van der Waals surface area contributed by atoms with Crippen molar-refractivity contribution >= 4 is 23.5 Å². The molecule has 0 aliphatic carbocycles. The highest BCUT2D eigenvalue weighted by Gasteiger charge is 2.17. The molecular formula is C17H23N3O2S. The highest BCUT2D eigenvalue weighted by molar-refractivity contribution is 7.98. The number of nitrogens with one attached hydrogen (secondary N) is 1. The third-order valence-corrected chi connectivity index (χ3v) is 4.46. The Hall–Kier alpha value is -1.79. The maximum atomic E-state index is 12.2. The summed E-state index contributed by atoms with van der Waals surface area (Å²) in [4.78, 5) is 12.2. The second-order valence-electron chi connectivity index (χ2n) is 5.52. The molecule has 1 amide bonds. The number of carbonyl (C=O) groups excluding carboxylic acids is 1. The Kier molecular flexibility index (Phi) is 6.24. The smallest absolute Gasteiger partial charge is 0.229 e. The van der Waals surface area contributed by atoms with E-state index in [-0.39, 0.29) is 18.4 Å². The molecule has 2 aromatic rings. The van der Waals surface area contributed by atoms with Gasteiger partial charge in [0.15, 0.2) is 0 Å². The van der Waals surface area contributed by atoms with Gasteiger partial charge in [0.2, 0.25) is 5.91 Å². The molecule has 0 aliphatic rings. The van der Waals surface area contributed by atoms with Gasteiger partial charge in [-0.2, -0.15) is 16.9 Å². The van der Waals surface area contributed by atoms with Gasteiger partial charge in [-0.05, 0) is 18.7 Å². The molecule has 5 nitrogen and oxygen atoms in total. The molecule has 2 N–H and O–H groups in total. The molecule has 0 radical (unpaired) electrons. The molecule has 6 heteroatoms. The van der Waals surface area contributed by atoms with Gasteiger partial charge < -0.3 is 10.4 Å². The minimum atomic E-state index is -0.0793. The van der Waals surface area contributed by atoms with Gasteiger partial charge in [-0.25, -0.2) is 4.68 Å². The van der Waals surface area contributed by atoms with Crippen molar-refractivity contribution in [3.63, 3.8) is 0 Å². The second-order valence-corrected chi connectivity index (χ2v) is 6.43. The van der Waals surface area contributed by atoms with E-state index in [9.17, 15) is 9.90 Å². The van der Waals surface area contributed by atoms with Crippen molar-refractivity contribution in [1.82, 2.24) is 9.78 Å². The lowest BCUT2D eigenvalue weighted by Gasteiger charge is -2.11. The standard InChI is InChI=1S/C17H23N3O2S/c1-12-6-4-5-7-14(12)15-10-16(20(19-15)8-9-21)18-17(22)13(2)11-23-3/h4-7,10,13,21H,8-9,11H2,1-3H3,(H,18,22). The molecule has 0 spiro atoms. The number of nitrogens with zero attached hydrogens (tertiary/aromatic N) is 2. The van der Waals surface area contributed by atoms with Crippen molar-refractivity contribution in [1.29, 1.82) is 0 Å². The summed E-state index contributed by atoms with van der Waals surface area (Å²) in [6.45, 7) is 4.25. The number of amides is 1. The number of aliphatic hydroxyl groups excluding tert-OH is 1. The number of hydrogen-bond acceptors (Lipinski definition) is 4. The molecule has 1 unspecified atom stereocenters. The summed E-state index contributed by atoms with van der Waals surface area (Å²) in [5.41, 5.74) is 2.94. The largest absolute Gasteiger partial charge is 0.394 e. The van der Waals surface area contributed by atoms with Gasteiger partial charge in [-0.1, -0.05) is 31.2 Å². The topological polar surface area (TPSA) is 67.2 Å². The maximum absolute atomic E-state index is 12.2. The van der Waals surface area contributed by atoms with Crippen LogP contribution < -0.4 is 5.32 Å². The van der Waals surface area contributed by atoms with Gasteiger partial charge in [-0.15, -0.1) is 0 Å². The summed E-state index contributed by atoms with van der Waals surface area (Å²) < 4.78 is 1.64. The Labute approximate surface area is 141 Å². The Bertz CT molecular complexity index is 670. The van der Waals surface area contributed by atoms with E-state index >= 15 is 0 Å².